The molecule has 1 N–H and O–H groups in total. The Morgan fingerprint density at radius 3 is 2.50 bits per heavy atom. The third-order valence-electron chi connectivity index (χ3n) is 7.16. The second kappa shape index (κ2) is 9.06. The SMILES string of the molecule is CC.CCC=O.C[C@H]1CCC2C1CC[C@]1(C)c3ccc(O)cc3CCC21. The average Bonchev–Trinajstić information content (AvgIpc) is 3.04. The molecule has 0 spiro atoms. The number of fused-ring (bicyclic) bond motifs is 5. The first-order chi connectivity index (χ1) is 12.5. The normalized spacial score (nSPS) is 34.0. The van der Waals surface area contributed by atoms with Gasteiger partial charge in [-0.25, -0.2) is 0 Å². The van der Waals surface area contributed by atoms with E-state index in [0.29, 0.717) is 17.6 Å². The number of aldehydes is 1. The quantitative estimate of drug-likeness (QED) is 0.599. The van der Waals surface area contributed by atoms with Crippen LogP contribution in [0.3, 0.4) is 0 Å². The molecule has 2 fully saturated rings. The topological polar surface area (TPSA) is 37.3 Å². The fourth-order valence-electron chi connectivity index (χ4n) is 5.95. The van der Waals surface area contributed by atoms with Gasteiger partial charge in [-0.3, -0.25) is 0 Å². The van der Waals surface area contributed by atoms with E-state index in [4.69, 9.17) is 0 Å². The molecule has 2 nitrogen and oxygen atoms in total. The van der Waals surface area contributed by atoms with Gasteiger partial charge < -0.3 is 9.90 Å². The van der Waals surface area contributed by atoms with Crippen molar-refractivity contribution in [2.75, 3.05) is 0 Å². The maximum atomic E-state index is 9.75. The molecule has 3 aliphatic carbocycles. The van der Waals surface area contributed by atoms with Crippen LogP contribution in [0.4, 0.5) is 0 Å². The molecule has 3 aliphatic rings. The Kier molecular flexibility index (Phi) is 7.32. The van der Waals surface area contributed by atoms with Gasteiger partial charge >= 0.3 is 0 Å². The maximum Gasteiger partial charge on any atom is 0.119 e. The van der Waals surface area contributed by atoms with E-state index < -0.39 is 0 Å². The number of rotatable bonds is 1. The van der Waals surface area contributed by atoms with Gasteiger partial charge in [0.15, 0.2) is 0 Å². The van der Waals surface area contributed by atoms with Crippen molar-refractivity contribution < 1.29 is 9.90 Å². The summed E-state index contributed by atoms with van der Waals surface area (Å²) in [7, 11) is 0. The highest BCUT2D eigenvalue weighted by Crippen LogP contribution is 2.59. The Hall–Kier alpha value is -1.31. The summed E-state index contributed by atoms with van der Waals surface area (Å²) < 4.78 is 0. The first kappa shape index (κ1) is 21.0. The van der Waals surface area contributed by atoms with Gasteiger partial charge in [0.05, 0.1) is 0 Å². The third-order valence-corrected chi connectivity index (χ3v) is 7.16. The summed E-state index contributed by atoms with van der Waals surface area (Å²) in [5.41, 5.74) is 3.32. The highest BCUT2D eigenvalue weighted by Gasteiger charge is 2.52. The van der Waals surface area contributed by atoms with Crippen LogP contribution in [0.25, 0.3) is 0 Å². The molecule has 4 rings (SSSR count). The van der Waals surface area contributed by atoms with Gasteiger partial charge in [-0.2, -0.15) is 0 Å². The molecule has 2 saturated carbocycles. The molecule has 0 aliphatic heterocycles. The lowest BCUT2D eigenvalue weighted by Gasteiger charge is -2.52. The highest BCUT2D eigenvalue weighted by atomic mass is 16.3. The zero-order chi connectivity index (χ0) is 19.3. The Labute approximate surface area is 160 Å². The third kappa shape index (κ3) is 3.85. The number of hydrogen-bond donors (Lipinski definition) is 1. The summed E-state index contributed by atoms with van der Waals surface area (Å²) in [4.78, 5) is 9.17. The molecule has 0 aromatic heterocycles. The van der Waals surface area contributed by atoms with Gasteiger partial charge in [0.1, 0.15) is 12.0 Å². The van der Waals surface area contributed by atoms with E-state index in [9.17, 15) is 9.90 Å². The Morgan fingerprint density at radius 2 is 1.85 bits per heavy atom. The molecule has 0 amide bonds. The molecule has 3 unspecified atom stereocenters. The minimum atomic E-state index is 0.368. The molecular weight excluding hydrogens is 320 g/mol. The predicted octanol–water partition coefficient (Wildman–Crippen LogP) is 6.29. The summed E-state index contributed by atoms with van der Waals surface area (Å²) in [6.07, 6.45) is 9.69. The first-order valence-corrected chi connectivity index (χ1v) is 10.8. The summed E-state index contributed by atoms with van der Waals surface area (Å²) in [6, 6.07) is 6.13. The average molecular weight is 359 g/mol. The fraction of sp³-hybridized carbons (Fsp3) is 0.708. The van der Waals surface area contributed by atoms with E-state index in [-0.39, 0.29) is 0 Å². The van der Waals surface area contributed by atoms with Crippen LogP contribution < -0.4 is 0 Å². The molecule has 1 aromatic rings. The lowest BCUT2D eigenvalue weighted by Crippen LogP contribution is -2.46. The summed E-state index contributed by atoms with van der Waals surface area (Å²) in [5.74, 6) is 4.22. The van der Waals surface area contributed by atoms with Crippen molar-refractivity contribution in [3.8, 4) is 5.75 Å². The van der Waals surface area contributed by atoms with Crippen LogP contribution in [0.5, 0.6) is 5.75 Å². The smallest absolute Gasteiger partial charge is 0.119 e. The second-order valence-electron chi connectivity index (χ2n) is 8.40. The van der Waals surface area contributed by atoms with Crippen molar-refractivity contribution >= 4 is 6.29 Å². The minimum Gasteiger partial charge on any atom is -0.508 e. The van der Waals surface area contributed by atoms with Gasteiger partial charge in [0.2, 0.25) is 0 Å². The molecule has 146 valence electrons. The van der Waals surface area contributed by atoms with Crippen LogP contribution in [0.15, 0.2) is 18.2 Å². The molecular formula is C24H38O2. The zero-order valence-corrected chi connectivity index (χ0v) is 17.4. The zero-order valence-electron chi connectivity index (χ0n) is 17.4. The van der Waals surface area contributed by atoms with Gasteiger partial charge in [-0.05, 0) is 84.5 Å². The lowest BCUT2D eigenvalue weighted by molar-refractivity contribution is -0.107. The predicted molar refractivity (Wildman–Crippen MR) is 110 cm³/mol. The monoisotopic (exact) mass is 358 g/mol. The molecule has 1 aromatic carbocycles. The molecule has 5 atom stereocenters. The van der Waals surface area contributed by atoms with Gasteiger partial charge in [0.25, 0.3) is 0 Å². The highest BCUT2D eigenvalue weighted by molar-refractivity contribution is 5.48. The van der Waals surface area contributed by atoms with Crippen LogP contribution >= 0.6 is 0 Å². The van der Waals surface area contributed by atoms with Gasteiger partial charge in [-0.15, -0.1) is 0 Å². The second-order valence-corrected chi connectivity index (χ2v) is 8.40. The van der Waals surface area contributed by atoms with Crippen molar-refractivity contribution in [2.24, 2.45) is 23.7 Å². The number of aromatic hydroxyl groups is 1. The molecule has 0 heterocycles. The molecule has 0 radical (unpaired) electrons. The van der Waals surface area contributed by atoms with E-state index in [0.717, 1.165) is 30.0 Å². The summed E-state index contributed by atoms with van der Waals surface area (Å²) >= 11 is 0. The fourth-order valence-corrected chi connectivity index (χ4v) is 5.95. The summed E-state index contributed by atoms with van der Waals surface area (Å²) in [6.45, 7) is 10.8. The van der Waals surface area contributed by atoms with Crippen LogP contribution in [-0.4, -0.2) is 11.4 Å². The number of hydrogen-bond acceptors (Lipinski definition) is 2. The number of carbonyl (C=O) groups is 1. The maximum absolute atomic E-state index is 9.75. The van der Waals surface area contributed by atoms with Crippen LogP contribution in [-0.2, 0) is 16.6 Å². The Bertz CT molecular complexity index is 594. The Balaban J connectivity index is 0.000000361. The lowest BCUT2D eigenvalue weighted by atomic mass is 9.52. The minimum absolute atomic E-state index is 0.368. The van der Waals surface area contributed by atoms with E-state index >= 15 is 0 Å². The molecule has 0 bridgehead atoms. The number of benzene rings is 1. The van der Waals surface area contributed by atoms with Crippen molar-refractivity contribution in [1.82, 2.24) is 0 Å². The Morgan fingerprint density at radius 1 is 1.15 bits per heavy atom. The number of phenols is 1. The molecule has 26 heavy (non-hydrogen) atoms. The van der Waals surface area contributed by atoms with Crippen LogP contribution in [0.1, 0.15) is 84.3 Å². The van der Waals surface area contributed by atoms with E-state index in [1.54, 1.807) is 5.56 Å². The van der Waals surface area contributed by atoms with Crippen molar-refractivity contribution in [2.45, 2.75) is 85.0 Å². The molecule has 2 heteroatoms. The van der Waals surface area contributed by atoms with Crippen LogP contribution in [0.2, 0.25) is 0 Å². The number of aryl methyl sites for hydroxylation is 1. The number of carbonyl (C=O) groups excluding carboxylic acids is 1. The van der Waals surface area contributed by atoms with E-state index in [1.165, 1.54) is 44.1 Å². The van der Waals surface area contributed by atoms with Crippen molar-refractivity contribution in [3.63, 3.8) is 0 Å². The standard InChI is InChI=1S/C19H26O.C3H6O.C2H6/c1-12-3-6-16-15(12)9-10-19(2)17-8-5-14(20)11-13(17)4-7-18(16)19;1-2-3-4;1-2/h5,8,11-12,15-16,18,20H,3-4,6-7,9-10H2,1-2H3;3H,2H2,1H3;1-2H3/t12-,15?,16?,18?,19+;;/m0../s1. The van der Waals surface area contributed by atoms with Crippen LogP contribution in [0, 0.1) is 23.7 Å². The van der Waals surface area contributed by atoms with Crippen molar-refractivity contribution in [1.29, 1.82) is 0 Å². The van der Waals surface area contributed by atoms with E-state index in [1.807, 2.05) is 32.9 Å². The van der Waals surface area contributed by atoms with Crippen molar-refractivity contribution in [3.05, 3.63) is 29.3 Å². The molecule has 0 saturated heterocycles. The van der Waals surface area contributed by atoms with Gasteiger partial charge in [-0.1, -0.05) is 47.1 Å². The van der Waals surface area contributed by atoms with E-state index in [2.05, 4.69) is 19.9 Å². The van der Waals surface area contributed by atoms with Gasteiger partial charge in [0, 0.05) is 6.42 Å². The number of phenolic OH excluding ortho intramolecular Hbond substituents is 1. The first-order valence-electron chi connectivity index (χ1n) is 10.8. The summed E-state index contributed by atoms with van der Waals surface area (Å²) in [5, 5.41) is 9.75. The largest absolute Gasteiger partial charge is 0.508 e.